The highest BCUT2D eigenvalue weighted by Gasteiger charge is 2.44. The standard InChI is InChI=1S/C17H25NO2/c1-14(13-18(2)3)20-16(19)17(11-7-8-12-17)15-9-5-4-6-10-15/h4-6,9-10,14H,7-8,11-13H2,1-3H3/p+1. The first-order valence-electron chi connectivity index (χ1n) is 7.60. The molecular weight excluding hydrogens is 250 g/mol. The fraction of sp³-hybridized carbons (Fsp3) is 0.588. The Hall–Kier alpha value is -1.35. The Labute approximate surface area is 121 Å². The van der Waals surface area contributed by atoms with Gasteiger partial charge in [0.15, 0.2) is 0 Å². The summed E-state index contributed by atoms with van der Waals surface area (Å²) < 4.78 is 5.74. The van der Waals surface area contributed by atoms with E-state index in [1.807, 2.05) is 25.1 Å². The van der Waals surface area contributed by atoms with Crippen LogP contribution in [0.1, 0.15) is 38.2 Å². The van der Waals surface area contributed by atoms with Crippen molar-refractivity contribution in [3.63, 3.8) is 0 Å². The first-order chi connectivity index (χ1) is 9.54. The molecule has 0 heterocycles. The number of carbonyl (C=O) groups is 1. The first kappa shape index (κ1) is 15.0. The number of benzene rings is 1. The maximum absolute atomic E-state index is 12.7. The minimum atomic E-state index is -0.406. The molecule has 0 saturated heterocycles. The number of quaternary nitrogens is 1. The molecule has 1 aromatic carbocycles. The molecule has 1 N–H and O–H groups in total. The molecule has 1 aromatic rings. The van der Waals surface area contributed by atoms with Crippen molar-refractivity contribution in [2.45, 2.75) is 44.1 Å². The molecule has 1 saturated carbocycles. The largest absolute Gasteiger partial charge is 0.456 e. The summed E-state index contributed by atoms with van der Waals surface area (Å²) >= 11 is 0. The van der Waals surface area contributed by atoms with Gasteiger partial charge in [-0.05, 0) is 25.3 Å². The maximum Gasteiger partial charge on any atom is 0.317 e. The van der Waals surface area contributed by atoms with Crippen LogP contribution in [0, 0.1) is 0 Å². The number of nitrogens with one attached hydrogen (secondary N) is 1. The Morgan fingerprint density at radius 1 is 1.25 bits per heavy atom. The minimum absolute atomic E-state index is 0.0325. The molecule has 0 amide bonds. The van der Waals surface area contributed by atoms with Crippen LogP contribution in [0.5, 0.6) is 0 Å². The second kappa shape index (κ2) is 6.40. The van der Waals surface area contributed by atoms with Crippen molar-refractivity contribution in [3.8, 4) is 0 Å². The molecule has 0 spiro atoms. The summed E-state index contributed by atoms with van der Waals surface area (Å²) in [6.07, 6.45) is 4.01. The van der Waals surface area contributed by atoms with Gasteiger partial charge in [-0.1, -0.05) is 43.2 Å². The molecule has 1 unspecified atom stereocenters. The number of ether oxygens (including phenoxy) is 1. The Kier molecular flexibility index (Phi) is 4.81. The van der Waals surface area contributed by atoms with Gasteiger partial charge in [0.1, 0.15) is 12.6 Å². The highest BCUT2D eigenvalue weighted by Crippen LogP contribution is 2.42. The quantitative estimate of drug-likeness (QED) is 0.828. The first-order valence-corrected chi connectivity index (χ1v) is 7.60. The van der Waals surface area contributed by atoms with Crippen LogP contribution in [-0.4, -0.2) is 32.7 Å². The molecule has 0 aliphatic heterocycles. The van der Waals surface area contributed by atoms with E-state index in [0.717, 1.165) is 37.8 Å². The van der Waals surface area contributed by atoms with Crippen LogP contribution >= 0.6 is 0 Å². The van der Waals surface area contributed by atoms with Crippen LogP contribution in [0.2, 0.25) is 0 Å². The molecular formula is C17H26NO2+. The van der Waals surface area contributed by atoms with Crippen LogP contribution in [-0.2, 0) is 14.9 Å². The van der Waals surface area contributed by atoms with Crippen molar-refractivity contribution in [3.05, 3.63) is 35.9 Å². The molecule has 110 valence electrons. The Morgan fingerprint density at radius 3 is 2.40 bits per heavy atom. The van der Waals surface area contributed by atoms with E-state index in [1.165, 1.54) is 4.90 Å². The second-order valence-corrected chi connectivity index (χ2v) is 6.28. The fourth-order valence-electron chi connectivity index (χ4n) is 3.26. The summed E-state index contributed by atoms with van der Waals surface area (Å²) in [5.74, 6) is -0.0325. The molecule has 1 aliphatic carbocycles. The van der Waals surface area contributed by atoms with Crippen molar-refractivity contribution in [1.82, 2.24) is 0 Å². The van der Waals surface area contributed by atoms with Gasteiger partial charge in [0, 0.05) is 0 Å². The van der Waals surface area contributed by atoms with Gasteiger partial charge in [-0.2, -0.15) is 0 Å². The van der Waals surface area contributed by atoms with E-state index in [2.05, 4.69) is 26.2 Å². The molecule has 0 radical (unpaired) electrons. The average Bonchev–Trinajstić information content (AvgIpc) is 2.89. The highest BCUT2D eigenvalue weighted by atomic mass is 16.5. The fourth-order valence-corrected chi connectivity index (χ4v) is 3.26. The van der Waals surface area contributed by atoms with E-state index < -0.39 is 5.41 Å². The molecule has 0 bridgehead atoms. The lowest BCUT2D eigenvalue weighted by molar-refractivity contribution is -0.861. The summed E-state index contributed by atoms with van der Waals surface area (Å²) in [5.41, 5.74) is 0.712. The lowest BCUT2D eigenvalue weighted by Gasteiger charge is -2.29. The number of hydrogen-bond acceptors (Lipinski definition) is 2. The predicted molar refractivity (Wildman–Crippen MR) is 79.8 cm³/mol. The third-order valence-electron chi connectivity index (χ3n) is 4.18. The molecule has 0 aromatic heterocycles. The molecule has 1 fully saturated rings. The maximum atomic E-state index is 12.7. The predicted octanol–water partition coefficient (Wildman–Crippen LogP) is 1.57. The Balaban J connectivity index is 2.15. The molecule has 1 aliphatic rings. The zero-order valence-corrected chi connectivity index (χ0v) is 12.8. The van der Waals surface area contributed by atoms with Crippen LogP contribution in [0.4, 0.5) is 0 Å². The van der Waals surface area contributed by atoms with E-state index in [1.54, 1.807) is 0 Å². The van der Waals surface area contributed by atoms with E-state index in [4.69, 9.17) is 4.74 Å². The minimum Gasteiger partial charge on any atom is -0.456 e. The number of esters is 1. The summed E-state index contributed by atoms with van der Waals surface area (Å²) in [6, 6.07) is 10.1. The van der Waals surface area contributed by atoms with Crippen LogP contribution < -0.4 is 4.90 Å². The van der Waals surface area contributed by atoms with E-state index >= 15 is 0 Å². The van der Waals surface area contributed by atoms with Crippen molar-refractivity contribution in [1.29, 1.82) is 0 Å². The summed E-state index contributed by atoms with van der Waals surface area (Å²) in [6.45, 7) is 2.83. The summed E-state index contributed by atoms with van der Waals surface area (Å²) in [4.78, 5) is 14.0. The second-order valence-electron chi connectivity index (χ2n) is 6.28. The molecule has 3 nitrogen and oxygen atoms in total. The average molecular weight is 276 g/mol. The van der Waals surface area contributed by atoms with Gasteiger partial charge in [0.2, 0.25) is 0 Å². The molecule has 1 atom stereocenters. The molecule has 20 heavy (non-hydrogen) atoms. The van der Waals surface area contributed by atoms with Gasteiger partial charge >= 0.3 is 5.97 Å². The number of hydrogen-bond donors (Lipinski definition) is 1. The highest BCUT2D eigenvalue weighted by molar-refractivity contribution is 5.83. The van der Waals surface area contributed by atoms with Gasteiger partial charge in [0.25, 0.3) is 0 Å². The smallest absolute Gasteiger partial charge is 0.317 e. The molecule has 3 heteroatoms. The van der Waals surface area contributed by atoms with Gasteiger partial charge in [-0.25, -0.2) is 0 Å². The zero-order valence-electron chi connectivity index (χ0n) is 12.8. The SMILES string of the molecule is CC(C[NH+](C)C)OC(=O)C1(c2ccccc2)CCCC1. The van der Waals surface area contributed by atoms with Gasteiger partial charge < -0.3 is 9.64 Å². The van der Waals surface area contributed by atoms with Gasteiger partial charge in [0.05, 0.1) is 19.5 Å². The van der Waals surface area contributed by atoms with Gasteiger partial charge in [-0.15, -0.1) is 0 Å². The lowest BCUT2D eigenvalue weighted by atomic mass is 9.79. The topological polar surface area (TPSA) is 30.7 Å². The zero-order chi connectivity index (χ0) is 14.6. The summed E-state index contributed by atoms with van der Waals surface area (Å²) in [7, 11) is 4.15. The van der Waals surface area contributed by atoms with Crippen molar-refractivity contribution in [2.75, 3.05) is 20.6 Å². The number of carbonyl (C=O) groups excluding carboxylic acids is 1. The van der Waals surface area contributed by atoms with Crippen LogP contribution in [0.25, 0.3) is 0 Å². The van der Waals surface area contributed by atoms with E-state index in [-0.39, 0.29) is 12.1 Å². The normalized spacial score (nSPS) is 19.0. The number of rotatable bonds is 5. The third-order valence-corrected chi connectivity index (χ3v) is 4.18. The van der Waals surface area contributed by atoms with Crippen molar-refractivity contribution < 1.29 is 14.4 Å². The van der Waals surface area contributed by atoms with E-state index in [9.17, 15) is 4.79 Å². The van der Waals surface area contributed by atoms with Crippen LogP contribution in [0.3, 0.4) is 0 Å². The van der Waals surface area contributed by atoms with Crippen LogP contribution in [0.15, 0.2) is 30.3 Å². The Bertz CT molecular complexity index is 436. The third kappa shape index (κ3) is 3.21. The Morgan fingerprint density at radius 2 is 1.85 bits per heavy atom. The van der Waals surface area contributed by atoms with Crippen molar-refractivity contribution in [2.24, 2.45) is 0 Å². The number of likely N-dealkylation sites (N-methyl/N-ethyl adjacent to an activating group) is 1. The van der Waals surface area contributed by atoms with Gasteiger partial charge in [-0.3, -0.25) is 4.79 Å². The molecule has 2 rings (SSSR count). The monoisotopic (exact) mass is 276 g/mol. The lowest BCUT2D eigenvalue weighted by Crippen LogP contribution is -3.07. The summed E-state index contributed by atoms with van der Waals surface area (Å²) in [5, 5.41) is 0. The van der Waals surface area contributed by atoms with E-state index in [0.29, 0.717) is 0 Å². The van der Waals surface area contributed by atoms with Crippen molar-refractivity contribution >= 4 is 5.97 Å².